The Morgan fingerprint density at radius 3 is 2.86 bits per heavy atom. The number of amides is 1. The van der Waals surface area contributed by atoms with Gasteiger partial charge in [0.05, 0.1) is 0 Å². The zero-order valence-corrected chi connectivity index (χ0v) is 10.7. The third-order valence-corrected chi connectivity index (χ3v) is 3.40. The molecule has 1 fully saturated rings. The molecule has 2 nitrogen and oxygen atoms in total. The summed E-state index contributed by atoms with van der Waals surface area (Å²) in [6.07, 6.45) is 4.08. The van der Waals surface area contributed by atoms with Gasteiger partial charge in [0.1, 0.15) is 0 Å². The molecule has 14 heavy (non-hydrogen) atoms. The summed E-state index contributed by atoms with van der Waals surface area (Å²) < 4.78 is 0. The molecule has 1 aliphatic heterocycles. The summed E-state index contributed by atoms with van der Waals surface area (Å²) >= 11 is 3.58. The summed E-state index contributed by atoms with van der Waals surface area (Å²) in [4.78, 5) is 14.3. The largest absolute Gasteiger partial charge is 0.342 e. The Bertz CT molecular complexity index is 194. The zero-order valence-electron chi connectivity index (χ0n) is 9.13. The molecule has 0 radical (unpaired) electrons. The average molecular weight is 262 g/mol. The van der Waals surface area contributed by atoms with Crippen molar-refractivity contribution in [2.75, 3.05) is 13.1 Å². The van der Waals surface area contributed by atoms with Crippen molar-refractivity contribution in [1.29, 1.82) is 0 Å². The van der Waals surface area contributed by atoms with Gasteiger partial charge in [0.15, 0.2) is 0 Å². The molecule has 82 valence electrons. The number of carbonyl (C=O) groups is 1. The fraction of sp³-hybridized carbons (Fsp3) is 0.909. The molecule has 0 aliphatic carbocycles. The topological polar surface area (TPSA) is 20.3 Å². The summed E-state index contributed by atoms with van der Waals surface area (Å²) in [6.45, 7) is 6.18. The van der Waals surface area contributed by atoms with E-state index in [1.165, 1.54) is 6.42 Å². The first kappa shape index (κ1) is 12.0. The van der Waals surface area contributed by atoms with Crippen LogP contribution in [-0.4, -0.2) is 28.7 Å². The lowest BCUT2D eigenvalue weighted by molar-refractivity contribution is -0.132. The van der Waals surface area contributed by atoms with Crippen molar-refractivity contribution in [2.45, 2.75) is 44.4 Å². The van der Waals surface area contributed by atoms with Gasteiger partial charge in [-0.2, -0.15) is 0 Å². The minimum absolute atomic E-state index is 0.336. The monoisotopic (exact) mass is 261 g/mol. The molecule has 0 N–H and O–H groups in total. The van der Waals surface area contributed by atoms with Crippen LogP contribution in [0.2, 0.25) is 0 Å². The smallest absolute Gasteiger partial charge is 0.222 e. The second-order valence-electron chi connectivity index (χ2n) is 4.51. The molecule has 1 atom stereocenters. The van der Waals surface area contributed by atoms with Crippen molar-refractivity contribution >= 4 is 21.8 Å². The molecule has 1 saturated heterocycles. The van der Waals surface area contributed by atoms with Crippen molar-refractivity contribution in [2.24, 2.45) is 5.92 Å². The maximum Gasteiger partial charge on any atom is 0.222 e. The third-order valence-electron chi connectivity index (χ3n) is 2.65. The van der Waals surface area contributed by atoms with Gasteiger partial charge in [0, 0.05) is 24.3 Å². The Labute approximate surface area is 95.2 Å². The second-order valence-corrected chi connectivity index (χ2v) is 5.81. The molecular formula is C11H20BrNO. The first-order valence-electron chi connectivity index (χ1n) is 5.51. The lowest BCUT2D eigenvalue weighted by atomic mass is 10.1. The van der Waals surface area contributed by atoms with Crippen molar-refractivity contribution in [1.82, 2.24) is 4.90 Å². The van der Waals surface area contributed by atoms with E-state index in [4.69, 9.17) is 0 Å². The molecule has 0 aromatic carbocycles. The van der Waals surface area contributed by atoms with Crippen molar-refractivity contribution < 1.29 is 4.79 Å². The standard InChI is InChI=1S/C11H20BrNO/c1-9(2)5-6-11(14)13-7-3-4-10(12)8-13/h9-10H,3-8H2,1-2H3. The van der Waals surface area contributed by atoms with Crippen LogP contribution in [0, 0.1) is 5.92 Å². The lowest BCUT2D eigenvalue weighted by Crippen LogP contribution is -2.40. The highest BCUT2D eigenvalue weighted by Crippen LogP contribution is 2.18. The molecule has 1 aliphatic rings. The molecular weight excluding hydrogens is 242 g/mol. The van der Waals surface area contributed by atoms with Crippen LogP contribution in [0.3, 0.4) is 0 Å². The molecule has 1 rings (SSSR count). The number of alkyl halides is 1. The predicted octanol–water partition coefficient (Wildman–Crippen LogP) is 2.81. The number of hydrogen-bond acceptors (Lipinski definition) is 1. The fourth-order valence-electron chi connectivity index (χ4n) is 1.72. The first-order chi connectivity index (χ1) is 6.59. The Morgan fingerprint density at radius 1 is 1.57 bits per heavy atom. The van der Waals surface area contributed by atoms with Crippen LogP contribution in [0.15, 0.2) is 0 Å². The highest BCUT2D eigenvalue weighted by Gasteiger charge is 2.21. The second kappa shape index (κ2) is 5.74. The van der Waals surface area contributed by atoms with Crippen LogP contribution in [0.25, 0.3) is 0 Å². The quantitative estimate of drug-likeness (QED) is 0.716. The minimum Gasteiger partial charge on any atom is -0.342 e. The van der Waals surface area contributed by atoms with E-state index >= 15 is 0 Å². The van der Waals surface area contributed by atoms with Crippen LogP contribution in [-0.2, 0) is 4.79 Å². The Balaban J connectivity index is 2.29. The van der Waals surface area contributed by atoms with E-state index in [0.717, 1.165) is 32.4 Å². The van der Waals surface area contributed by atoms with Crippen LogP contribution < -0.4 is 0 Å². The number of nitrogens with zero attached hydrogens (tertiary/aromatic N) is 1. The lowest BCUT2D eigenvalue weighted by Gasteiger charge is -2.30. The maximum absolute atomic E-state index is 11.8. The highest BCUT2D eigenvalue weighted by atomic mass is 79.9. The maximum atomic E-state index is 11.8. The highest BCUT2D eigenvalue weighted by molar-refractivity contribution is 9.09. The van der Waals surface area contributed by atoms with Gasteiger partial charge in [-0.1, -0.05) is 29.8 Å². The van der Waals surface area contributed by atoms with Crippen molar-refractivity contribution in [3.63, 3.8) is 0 Å². The molecule has 0 bridgehead atoms. The van der Waals surface area contributed by atoms with E-state index < -0.39 is 0 Å². The zero-order chi connectivity index (χ0) is 10.6. The fourth-order valence-corrected chi connectivity index (χ4v) is 2.40. The van der Waals surface area contributed by atoms with Gasteiger partial charge < -0.3 is 4.90 Å². The molecule has 3 heteroatoms. The van der Waals surface area contributed by atoms with Crippen molar-refractivity contribution in [3.8, 4) is 0 Å². The molecule has 0 aromatic rings. The van der Waals surface area contributed by atoms with E-state index in [1.807, 2.05) is 4.90 Å². The number of halogens is 1. The number of hydrogen-bond donors (Lipinski definition) is 0. The molecule has 0 spiro atoms. The average Bonchev–Trinajstić information content (AvgIpc) is 2.14. The van der Waals surface area contributed by atoms with Crippen molar-refractivity contribution in [3.05, 3.63) is 0 Å². The van der Waals surface area contributed by atoms with Gasteiger partial charge >= 0.3 is 0 Å². The number of carbonyl (C=O) groups excluding carboxylic acids is 1. The summed E-state index contributed by atoms with van der Waals surface area (Å²) in [5.41, 5.74) is 0. The van der Waals surface area contributed by atoms with Crippen LogP contribution >= 0.6 is 15.9 Å². The first-order valence-corrected chi connectivity index (χ1v) is 6.43. The van der Waals surface area contributed by atoms with Crippen LogP contribution in [0.5, 0.6) is 0 Å². The van der Waals surface area contributed by atoms with E-state index in [1.54, 1.807) is 0 Å². The van der Waals surface area contributed by atoms with E-state index in [9.17, 15) is 4.79 Å². The molecule has 1 unspecified atom stereocenters. The van der Waals surface area contributed by atoms with Gasteiger partial charge in [0.25, 0.3) is 0 Å². The third kappa shape index (κ3) is 3.99. The van der Waals surface area contributed by atoms with E-state index in [-0.39, 0.29) is 0 Å². The number of piperidine rings is 1. The molecule has 0 aromatic heterocycles. The Kier molecular flexibility index (Phi) is 4.93. The summed E-state index contributed by atoms with van der Waals surface area (Å²) in [6, 6.07) is 0. The molecule has 1 amide bonds. The number of rotatable bonds is 3. The van der Waals surface area contributed by atoms with E-state index in [0.29, 0.717) is 16.7 Å². The van der Waals surface area contributed by atoms with Gasteiger partial charge in [-0.05, 0) is 25.2 Å². The predicted molar refractivity (Wildman–Crippen MR) is 62.6 cm³/mol. The van der Waals surface area contributed by atoms with Crippen LogP contribution in [0.1, 0.15) is 39.5 Å². The summed E-state index contributed by atoms with van der Waals surface area (Å²) in [5.74, 6) is 0.964. The Hall–Kier alpha value is -0.0500. The molecule has 1 heterocycles. The van der Waals surface area contributed by atoms with Gasteiger partial charge in [-0.3, -0.25) is 4.79 Å². The van der Waals surface area contributed by atoms with Gasteiger partial charge in [-0.15, -0.1) is 0 Å². The van der Waals surface area contributed by atoms with Crippen LogP contribution in [0.4, 0.5) is 0 Å². The van der Waals surface area contributed by atoms with Gasteiger partial charge in [0.2, 0.25) is 5.91 Å². The van der Waals surface area contributed by atoms with Gasteiger partial charge in [-0.25, -0.2) is 0 Å². The van der Waals surface area contributed by atoms with E-state index in [2.05, 4.69) is 29.8 Å². The SMILES string of the molecule is CC(C)CCC(=O)N1CCCC(Br)C1. The number of likely N-dealkylation sites (tertiary alicyclic amines) is 1. The molecule has 0 saturated carbocycles. The summed E-state index contributed by atoms with van der Waals surface area (Å²) in [5, 5.41) is 0. The minimum atomic E-state index is 0.336. The summed E-state index contributed by atoms with van der Waals surface area (Å²) in [7, 11) is 0. The Morgan fingerprint density at radius 2 is 2.29 bits per heavy atom. The normalized spacial score (nSPS) is 22.9.